The zero-order chi connectivity index (χ0) is 19.1. The van der Waals surface area contributed by atoms with Gasteiger partial charge in [-0.15, -0.1) is 0 Å². The molecule has 5 aromatic rings. The summed E-state index contributed by atoms with van der Waals surface area (Å²) in [4.78, 5) is 0. The van der Waals surface area contributed by atoms with Crippen LogP contribution in [0.1, 0.15) is 18.1 Å². The maximum Gasteiger partial charge on any atom is 0.136 e. The lowest BCUT2D eigenvalue weighted by Gasteiger charge is -2.03. The molecule has 5 rings (SSSR count). The third-order valence-electron chi connectivity index (χ3n) is 5.55. The van der Waals surface area contributed by atoms with E-state index in [4.69, 9.17) is 4.42 Å². The second-order valence-electron chi connectivity index (χ2n) is 7.44. The zero-order valence-corrected chi connectivity index (χ0v) is 16.2. The summed E-state index contributed by atoms with van der Waals surface area (Å²) in [6.45, 7) is 4.29. The number of hydrogen-bond acceptors (Lipinski definition) is 1. The van der Waals surface area contributed by atoms with Gasteiger partial charge in [0.2, 0.25) is 0 Å². The van der Waals surface area contributed by atoms with Crippen molar-refractivity contribution in [1.29, 1.82) is 0 Å². The van der Waals surface area contributed by atoms with Crippen LogP contribution in [0.25, 0.3) is 44.2 Å². The molecule has 1 aromatic heterocycles. The van der Waals surface area contributed by atoms with E-state index in [-0.39, 0.29) is 0 Å². The van der Waals surface area contributed by atoms with Gasteiger partial charge < -0.3 is 4.42 Å². The molecule has 136 valence electrons. The maximum atomic E-state index is 6.25. The summed E-state index contributed by atoms with van der Waals surface area (Å²) in [5, 5.41) is 2.33. The first-order valence-electron chi connectivity index (χ1n) is 9.84. The number of benzene rings is 4. The molecule has 1 nitrogen and oxygen atoms in total. The number of fused-ring (bicyclic) bond motifs is 3. The van der Waals surface area contributed by atoms with E-state index in [2.05, 4.69) is 98.8 Å². The first-order valence-corrected chi connectivity index (χ1v) is 9.84. The van der Waals surface area contributed by atoms with E-state index in [0.29, 0.717) is 0 Å². The van der Waals surface area contributed by atoms with Crippen LogP contribution in [0.4, 0.5) is 0 Å². The fraction of sp³-hybridized carbons (Fsp3) is 0.111. The van der Waals surface area contributed by atoms with Gasteiger partial charge in [0, 0.05) is 10.8 Å². The summed E-state index contributed by atoms with van der Waals surface area (Å²) in [7, 11) is 0. The van der Waals surface area contributed by atoms with E-state index < -0.39 is 0 Å². The van der Waals surface area contributed by atoms with Gasteiger partial charge in [0.1, 0.15) is 11.2 Å². The van der Waals surface area contributed by atoms with Crippen LogP contribution in [0.15, 0.2) is 89.3 Å². The Morgan fingerprint density at radius 3 is 1.54 bits per heavy atom. The Hall–Kier alpha value is -3.32. The molecule has 0 aliphatic heterocycles. The summed E-state index contributed by atoms with van der Waals surface area (Å²) in [6.07, 6.45) is 1.06. The summed E-state index contributed by atoms with van der Waals surface area (Å²) >= 11 is 0. The summed E-state index contributed by atoms with van der Waals surface area (Å²) in [5.74, 6) is 0. The van der Waals surface area contributed by atoms with Gasteiger partial charge in [-0.25, -0.2) is 0 Å². The average molecular weight is 362 g/mol. The fourth-order valence-corrected chi connectivity index (χ4v) is 3.82. The molecule has 0 radical (unpaired) electrons. The third kappa shape index (κ3) is 2.90. The van der Waals surface area contributed by atoms with Crippen LogP contribution in [0.5, 0.6) is 0 Å². The largest absolute Gasteiger partial charge is 0.456 e. The molecule has 0 aliphatic rings. The molecule has 0 amide bonds. The van der Waals surface area contributed by atoms with E-state index in [1.54, 1.807) is 0 Å². The number of hydrogen-bond donors (Lipinski definition) is 0. The molecule has 0 saturated heterocycles. The standard InChI is InChI=1S/C27H22O/c1-3-19-6-10-21(11-7-19)23-13-15-25-24-14-12-22(16-26(24)28-27(25)17-23)20-8-4-18(2)5-9-20/h4-17H,3H2,1-2H3. The van der Waals surface area contributed by atoms with Gasteiger partial charge in [0.05, 0.1) is 0 Å². The molecular weight excluding hydrogens is 340 g/mol. The first kappa shape index (κ1) is 16.8. The quantitative estimate of drug-likeness (QED) is 0.319. The number of furan rings is 1. The monoisotopic (exact) mass is 362 g/mol. The third-order valence-corrected chi connectivity index (χ3v) is 5.55. The lowest BCUT2D eigenvalue weighted by atomic mass is 10.0. The maximum absolute atomic E-state index is 6.25. The highest BCUT2D eigenvalue weighted by Crippen LogP contribution is 2.34. The molecule has 0 aliphatic carbocycles. The molecule has 1 heteroatoms. The topological polar surface area (TPSA) is 13.1 Å². The second kappa shape index (κ2) is 6.69. The molecule has 0 atom stereocenters. The van der Waals surface area contributed by atoms with Gasteiger partial charge >= 0.3 is 0 Å². The molecule has 0 unspecified atom stereocenters. The SMILES string of the molecule is CCc1ccc(-c2ccc3c(c2)oc2cc(-c4ccc(C)cc4)ccc23)cc1. The summed E-state index contributed by atoms with van der Waals surface area (Å²) in [6, 6.07) is 30.4. The Bertz CT molecular complexity index is 1270. The summed E-state index contributed by atoms with van der Waals surface area (Å²) in [5.41, 5.74) is 9.31. The Morgan fingerprint density at radius 2 is 1.04 bits per heavy atom. The van der Waals surface area contributed by atoms with Crippen molar-refractivity contribution in [3.8, 4) is 22.3 Å². The highest BCUT2D eigenvalue weighted by Gasteiger charge is 2.10. The van der Waals surface area contributed by atoms with Crippen molar-refractivity contribution < 1.29 is 4.42 Å². The molecule has 0 fully saturated rings. The predicted molar refractivity (Wildman–Crippen MR) is 119 cm³/mol. The minimum atomic E-state index is 0.937. The molecule has 1 heterocycles. The van der Waals surface area contributed by atoms with E-state index in [1.807, 2.05) is 0 Å². The van der Waals surface area contributed by atoms with Crippen LogP contribution < -0.4 is 0 Å². The smallest absolute Gasteiger partial charge is 0.136 e. The minimum Gasteiger partial charge on any atom is -0.456 e. The molecular formula is C27H22O. The molecule has 0 saturated carbocycles. The average Bonchev–Trinajstić information content (AvgIpc) is 3.11. The van der Waals surface area contributed by atoms with E-state index >= 15 is 0 Å². The minimum absolute atomic E-state index is 0.937. The van der Waals surface area contributed by atoms with Crippen molar-refractivity contribution >= 4 is 21.9 Å². The predicted octanol–water partition coefficient (Wildman–Crippen LogP) is 7.79. The molecule has 28 heavy (non-hydrogen) atoms. The van der Waals surface area contributed by atoms with Crippen LogP contribution in [-0.2, 0) is 6.42 Å². The molecule has 0 N–H and O–H groups in total. The highest BCUT2D eigenvalue weighted by atomic mass is 16.3. The summed E-state index contributed by atoms with van der Waals surface area (Å²) < 4.78 is 6.25. The van der Waals surface area contributed by atoms with E-state index in [1.165, 1.54) is 44.2 Å². The van der Waals surface area contributed by atoms with Crippen molar-refractivity contribution in [3.05, 3.63) is 96.1 Å². The van der Waals surface area contributed by atoms with Crippen molar-refractivity contribution in [2.24, 2.45) is 0 Å². The van der Waals surface area contributed by atoms with Crippen molar-refractivity contribution in [2.75, 3.05) is 0 Å². The van der Waals surface area contributed by atoms with Crippen molar-refractivity contribution in [2.45, 2.75) is 20.3 Å². The Balaban J connectivity index is 1.59. The second-order valence-corrected chi connectivity index (χ2v) is 7.44. The van der Waals surface area contributed by atoms with Crippen LogP contribution in [-0.4, -0.2) is 0 Å². The van der Waals surface area contributed by atoms with E-state index in [0.717, 1.165) is 17.6 Å². The van der Waals surface area contributed by atoms with Gasteiger partial charge in [-0.3, -0.25) is 0 Å². The Morgan fingerprint density at radius 1 is 0.571 bits per heavy atom. The normalized spacial score (nSPS) is 11.4. The van der Waals surface area contributed by atoms with Crippen LogP contribution in [0.3, 0.4) is 0 Å². The Labute approximate surface area is 165 Å². The van der Waals surface area contributed by atoms with Gasteiger partial charge in [-0.1, -0.05) is 73.2 Å². The van der Waals surface area contributed by atoms with Gasteiger partial charge in [0.15, 0.2) is 0 Å². The van der Waals surface area contributed by atoms with E-state index in [9.17, 15) is 0 Å². The van der Waals surface area contributed by atoms with Crippen LogP contribution in [0.2, 0.25) is 0 Å². The zero-order valence-electron chi connectivity index (χ0n) is 16.2. The lowest BCUT2D eigenvalue weighted by molar-refractivity contribution is 0.669. The van der Waals surface area contributed by atoms with Crippen molar-refractivity contribution in [3.63, 3.8) is 0 Å². The fourth-order valence-electron chi connectivity index (χ4n) is 3.82. The number of rotatable bonds is 3. The van der Waals surface area contributed by atoms with Gasteiger partial charge in [0.25, 0.3) is 0 Å². The van der Waals surface area contributed by atoms with Crippen molar-refractivity contribution in [1.82, 2.24) is 0 Å². The highest BCUT2D eigenvalue weighted by molar-refractivity contribution is 6.06. The van der Waals surface area contributed by atoms with Crippen LogP contribution >= 0.6 is 0 Å². The number of aryl methyl sites for hydroxylation is 2. The molecule has 4 aromatic carbocycles. The molecule has 0 bridgehead atoms. The molecule has 0 spiro atoms. The lowest BCUT2D eigenvalue weighted by Crippen LogP contribution is -1.81. The first-order chi connectivity index (χ1) is 13.7. The van der Waals surface area contributed by atoms with Gasteiger partial charge in [-0.05, 0) is 65.4 Å². The Kier molecular flexibility index (Phi) is 4.02. The van der Waals surface area contributed by atoms with Gasteiger partial charge in [-0.2, -0.15) is 0 Å². The van der Waals surface area contributed by atoms with Crippen LogP contribution in [0, 0.1) is 6.92 Å².